The molecule has 4 heterocycles. The molecule has 1 aromatic heterocycles. The lowest BCUT2D eigenvalue weighted by Crippen LogP contribution is -2.63. The van der Waals surface area contributed by atoms with E-state index in [9.17, 15) is 30.6 Å². The summed E-state index contributed by atoms with van der Waals surface area (Å²) in [7, 11) is 8.21. The molecule has 1 saturated heterocycles. The molecule has 16 heteroatoms. The van der Waals surface area contributed by atoms with Crippen LogP contribution in [-0.2, 0) is 59.0 Å². The highest BCUT2D eigenvalue weighted by atomic mass is 33.1. The lowest BCUT2D eigenvalue weighted by molar-refractivity contribution is -0.150. The van der Waals surface area contributed by atoms with E-state index in [2.05, 4.69) is 91.7 Å². The van der Waals surface area contributed by atoms with Crippen molar-refractivity contribution in [3.8, 4) is 28.7 Å². The van der Waals surface area contributed by atoms with Gasteiger partial charge in [0.05, 0.1) is 36.6 Å². The number of ether oxygens (including phenoxy) is 3. The van der Waals surface area contributed by atoms with Crippen molar-refractivity contribution in [2.24, 2.45) is 47.3 Å². The lowest BCUT2D eigenvalue weighted by Gasteiger charge is -2.54. The first kappa shape index (κ1) is 71.1. The van der Waals surface area contributed by atoms with Gasteiger partial charge in [-0.15, -0.1) is 0 Å². The zero-order chi connectivity index (χ0) is 68.2. The van der Waals surface area contributed by atoms with Crippen LogP contribution in [0.3, 0.4) is 0 Å². The largest absolute Gasteiger partial charge is 0.508 e. The van der Waals surface area contributed by atoms with E-state index >= 15 is 4.79 Å². The number of hydrogen-bond donors (Lipinski definition) is 8. The fourth-order valence-electron chi connectivity index (χ4n) is 18.7. The van der Waals surface area contributed by atoms with Crippen molar-refractivity contribution in [1.29, 1.82) is 0 Å². The number of aromatic amines is 1. The first-order chi connectivity index (χ1) is 47.6. The quantitative estimate of drug-likeness (QED) is 0.0426. The molecule has 12 nitrogen and oxygen atoms in total. The molecule has 0 radical (unpaired) electrons. The normalized spacial score (nSPS) is 29.4. The molecule has 13 rings (SSSR count). The summed E-state index contributed by atoms with van der Waals surface area (Å²) in [5.41, 5.74) is 8.35. The molecule has 98 heavy (non-hydrogen) atoms. The minimum atomic E-state index is -1.79. The number of hydrogen-bond acceptors (Lipinski definition) is 15. The molecule has 3 aliphatic heterocycles. The minimum absolute atomic E-state index is 0.000654. The predicted molar refractivity (Wildman–Crippen MR) is 401 cm³/mol. The number of Topliss-reactive ketones (excluding diaryl/α,β-unsaturated/α-hetero) is 1. The molecule has 2 bridgehead atoms. The molecule has 8 N–H and O–H groups in total. The number of carbonyl (C=O) groups is 1. The Labute approximate surface area is 596 Å². The molecule has 4 fully saturated rings. The van der Waals surface area contributed by atoms with Gasteiger partial charge in [0, 0.05) is 78.1 Å². The van der Waals surface area contributed by atoms with Crippen LogP contribution in [0.15, 0.2) is 122 Å². The van der Waals surface area contributed by atoms with E-state index in [0.717, 1.165) is 139 Å². The van der Waals surface area contributed by atoms with Crippen LogP contribution in [0.5, 0.6) is 28.7 Å². The Hall–Kier alpha value is -5.27. The number of rotatable bonds is 16. The fraction of sp³-hybridized carbons (Fsp3) is 0.524. The first-order valence-electron chi connectivity index (χ1n) is 36.5. The lowest BCUT2D eigenvalue weighted by atomic mass is 9.52. The second kappa shape index (κ2) is 31.5. The number of piperidine rings is 1. The zero-order valence-corrected chi connectivity index (χ0v) is 61.0. The van der Waals surface area contributed by atoms with Crippen LogP contribution in [0.4, 0.5) is 0 Å². The number of nitrogens with one attached hydrogen (secondary N) is 2. The molecule has 524 valence electrons. The number of aliphatic hydroxyl groups excluding tert-OH is 3. The van der Waals surface area contributed by atoms with Crippen molar-refractivity contribution in [2.45, 2.75) is 171 Å². The monoisotopic (exact) mass is 1400 g/mol. The summed E-state index contributed by atoms with van der Waals surface area (Å²) in [6.45, 7) is 10.7. The maximum Gasteiger partial charge on any atom is 0.164 e. The van der Waals surface area contributed by atoms with Gasteiger partial charge in [-0.3, -0.25) is 4.79 Å². The molecule has 6 aliphatic rings. The van der Waals surface area contributed by atoms with Gasteiger partial charge in [-0.05, 0) is 242 Å². The molecule has 3 aliphatic carbocycles. The first-order valence-corrected chi connectivity index (χ1v) is 41.3. The molecule has 7 aromatic rings. The van der Waals surface area contributed by atoms with Gasteiger partial charge in [-0.2, -0.15) is 0 Å². The van der Waals surface area contributed by atoms with Crippen LogP contribution >= 0.6 is 43.2 Å². The summed E-state index contributed by atoms with van der Waals surface area (Å²) < 4.78 is 19.3. The van der Waals surface area contributed by atoms with E-state index in [1.165, 1.54) is 11.1 Å². The Morgan fingerprint density at radius 3 is 2.38 bits per heavy atom. The molecule has 0 amide bonds. The number of methoxy groups -OCH3 is 1. The van der Waals surface area contributed by atoms with Crippen LogP contribution in [0.2, 0.25) is 0 Å². The molecule has 0 unspecified atom stereocenters. The number of aromatic hydroxyl groups is 3. The third kappa shape index (κ3) is 14.5. The van der Waals surface area contributed by atoms with Crippen LogP contribution in [0.25, 0.3) is 10.8 Å². The highest BCUT2D eigenvalue weighted by Gasteiger charge is 2.62. The summed E-state index contributed by atoms with van der Waals surface area (Å²) in [6.07, 6.45) is 13.8. The van der Waals surface area contributed by atoms with E-state index in [1.54, 1.807) is 68.5 Å². The predicted octanol–water partition coefficient (Wildman–Crippen LogP) is 16.3. The highest BCUT2D eigenvalue weighted by molar-refractivity contribution is 8.77. The van der Waals surface area contributed by atoms with Gasteiger partial charge in [0.15, 0.2) is 28.8 Å². The number of fused-ring (bicyclic) bond motifs is 6. The van der Waals surface area contributed by atoms with Crippen LogP contribution in [0.1, 0.15) is 164 Å². The number of benzene rings is 6. The molecule has 14 atom stereocenters. The maximum atomic E-state index is 18.1. The number of aryl methyl sites for hydroxylation is 2. The van der Waals surface area contributed by atoms with Gasteiger partial charge in [0.25, 0.3) is 0 Å². The average molecular weight is 1400 g/mol. The Morgan fingerprint density at radius 1 is 0.765 bits per heavy atom. The number of aliphatic hydroxyl groups is 3. The summed E-state index contributed by atoms with van der Waals surface area (Å²) in [4.78, 5) is 21.4. The van der Waals surface area contributed by atoms with Crippen molar-refractivity contribution < 1.29 is 49.6 Å². The number of phenols is 3. The number of H-pyrrole nitrogens is 1. The van der Waals surface area contributed by atoms with Crippen molar-refractivity contribution >= 4 is 59.7 Å². The third-order valence-corrected chi connectivity index (χ3v) is 29.0. The van der Waals surface area contributed by atoms with Gasteiger partial charge < -0.3 is 55.2 Å². The van der Waals surface area contributed by atoms with Crippen molar-refractivity contribution in [2.75, 3.05) is 50.7 Å². The molecular formula is C82H102N2O10S4. The van der Waals surface area contributed by atoms with E-state index in [-0.39, 0.29) is 54.0 Å². The fourth-order valence-corrected chi connectivity index (χ4v) is 24.4. The van der Waals surface area contributed by atoms with Gasteiger partial charge in [0.1, 0.15) is 11.9 Å². The molecule has 0 spiro atoms. The van der Waals surface area contributed by atoms with Gasteiger partial charge in [-0.25, -0.2) is 0 Å². The maximum absolute atomic E-state index is 18.1. The number of carbonyl (C=O) groups excluding carboxylic acids is 1. The van der Waals surface area contributed by atoms with Crippen LogP contribution in [0, 0.1) is 47.3 Å². The van der Waals surface area contributed by atoms with Crippen molar-refractivity contribution in [1.82, 2.24) is 10.3 Å². The summed E-state index contributed by atoms with van der Waals surface area (Å²) >= 11 is 0. The summed E-state index contributed by atoms with van der Waals surface area (Å²) in [6, 6.07) is 36.9. The summed E-state index contributed by atoms with van der Waals surface area (Å²) in [5, 5.41) is 82.7. The Balaban J connectivity index is 0.990. The van der Waals surface area contributed by atoms with Crippen LogP contribution < -0.4 is 14.8 Å². The molecule has 3 saturated carbocycles. The van der Waals surface area contributed by atoms with Crippen molar-refractivity contribution in [3.63, 3.8) is 0 Å². The molecular weight excluding hydrogens is 1300 g/mol. The highest BCUT2D eigenvalue weighted by Crippen LogP contribution is 2.59. The third-order valence-electron chi connectivity index (χ3n) is 23.6. The van der Waals surface area contributed by atoms with E-state index in [0.29, 0.717) is 84.4 Å². The topological polar surface area (TPSA) is 194 Å². The Morgan fingerprint density at radius 2 is 1.57 bits per heavy atom. The standard InChI is InChI=1S/C82H102N2O10S4/c1-6-54-22-23-55-14-9-16-65-74(44-85)98-97-47-61-38-75(89)82(69-48-96-95-46-59-21-20-53(45-93-7-2)35-72(59)94-73-37-58(69)25-26-70(73)87,80(91)77(61)78(90)60(34-52-28-31-83-43-52)36-56-24-27-71(88)79(92-5)67(56)42-66(54)76(55)65)63-39-62(40-64(86)41-63)81-29-10-15-57(68(81)17-11-30-84-81)33-51-13-8-12-50(32-51)19-18-49(3)4/h8-9,12-14,16,22-28,31-32,37,39-41,43,49,53,57,59-61,68-69,72,74-75,77-78,83-90H,6-7,10-11,15,17-21,29-30,33-36,38,42,44-48H2,1-5H3/t53-,57-,59-,60-,61+,68-,69-,72+,74+,75+,77-,78+,81-,82-/m1/s1. The zero-order valence-electron chi connectivity index (χ0n) is 57.8. The van der Waals surface area contributed by atoms with E-state index in [4.69, 9.17) is 14.2 Å². The smallest absolute Gasteiger partial charge is 0.164 e. The molecule has 6 aromatic carbocycles. The van der Waals surface area contributed by atoms with Gasteiger partial charge in [-0.1, -0.05) is 143 Å². The second-order valence-corrected chi connectivity index (χ2v) is 34.9. The van der Waals surface area contributed by atoms with Crippen LogP contribution in [-0.4, -0.2) is 110 Å². The number of phenolic OH excluding ortho intramolecular Hbond substituents is 3. The Kier molecular flexibility index (Phi) is 22.9. The Bertz CT molecular complexity index is 3880. The van der Waals surface area contributed by atoms with Crippen molar-refractivity contribution in [3.05, 3.63) is 183 Å². The number of ketones is 1. The number of aromatic nitrogens is 1. The minimum Gasteiger partial charge on any atom is -0.508 e. The van der Waals surface area contributed by atoms with Gasteiger partial charge >= 0.3 is 0 Å². The SMILES string of the molecule is CCOC[C@@H]1CC[C@@H]2CSSC[C@@H]([C@@]3(c4cc(O)cc([C@]56CCC[C@H](Cc7cccc(CCC(C)C)c7)[C@H]5CCCN6)c4)C(=O)[C@@H]4[C@H](CSS[C@@H](CO)c5cccc6ccc(CC)c(c56)Cc5c(ccc(O)c5OC)C[C@@H](Cc5cc[nH]c5)[C@@H]4O)C[C@@H]3O)c3ccc(O)c(c3)O[C@H]2C1. The average Bonchev–Trinajstić information content (AvgIpc) is 0.725. The second-order valence-electron chi connectivity index (χ2n) is 29.8. The van der Waals surface area contributed by atoms with E-state index in [1.807, 2.05) is 49.6 Å². The summed E-state index contributed by atoms with van der Waals surface area (Å²) in [5.74, 6) is 0.591. The van der Waals surface area contributed by atoms with E-state index < -0.39 is 52.1 Å². The van der Waals surface area contributed by atoms with Gasteiger partial charge in [0.2, 0.25) is 0 Å².